The second-order valence-electron chi connectivity index (χ2n) is 3.21. The minimum absolute atomic E-state index is 0.693. The van der Waals surface area contributed by atoms with E-state index in [1.165, 1.54) is 32.1 Å². The predicted molar refractivity (Wildman–Crippen MR) is 46.3 cm³/mol. The molecule has 0 spiro atoms. The van der Waals surface area contributed by atoms with Crippen molar-refractivity contribution in [3.8, 4) is 0 Å². The minimum Gasteiger partial charge on any atom is -0.302 e. The van der Waals surface area contributed by atoms with Crippen molar-refractivity contribution >= 4 is 0 Å². The zero-order valence-corrected chi connectivity index (χ0v) is 7.68. The predicted octanol–water partition coefficient (Wildman–Crippen LogP) is 2.20. The van der Waals surface area contributed by atoms with Crippen LogP contribution in [-0.2, 0) is 4.84 Å². The number of rotatable bonds is 3. The van der Waals surface area contributed by atoms with E-state index in [1.807, 2.05) is 0 Å². The molecule has 0 amide bonds. The van der Waals surface area contributed by atoms with E-state index in [1.54, 1.807) is 7.11 Å². The van der Waals surface area contributed by atoms with Crippen LogP contribution in [0.1, 0.15) is 39.0 Å². The molecule has 0 aromatic rings. The molecule has 2 heteroatoms. The summed E-state index contributed by atoms with van der Waals surface area (Å²) in [6.45, 7) is 3.17. The highest BCUT2D eigenvalue weighted by atomic mass is 16.7. The van der Waals surface area contributed by atoms with Crippen LogP contribution < -0.4 is 0 Å². The standard InChI is InChI=1S/C9H19NO/c1-3-10(11-2)9-7-5-4-6-8-9/h9H,3-8H2,1-2H3. The van der Waals surface area contributed by atoms with E-state index < -0.39 is 0 Å². The zero-order valence-electron chi connectivity index (χ0n) is 7.68. The van der Waals surface area contributed by atoms with Gasteiger partial charge in [0.2, 0.25) is 0 Å². The van der Waals surface area contributed by atoms with Gasteiger partial charge >= 0.3 is 0 Å². The van der Waals surface area contributed by atoms with Crippen LogP contribution in [0.15, 0.2) is 0 Å². The third-order valence-corrected chi connectivity index (χ3v) is 2.53. The molecule has 66 valence electrons. The highest BCUT2D eigenvalue weighted by Crippen LogP contribution is 2.21. The molecule has 0 unspecified atom stereocenters. The Balaban J connectivity index is 2.30. The van der Waals surface area contributed by atoms with Crippen molar-refractivity contribution in [2.75, 3.05) is 13.7 Å². The molecule has 0 heterocycles. The maximum atomic E-state index is 5.27. The lowest BCUT2D eigenvalue weighted by molar-refractivity contribution is -0.164. The highest BCUT2D eigenvalue weighted by molar-refractivity contribution is 4.70. The van der Waals surface area contributed by atoms with Crippen molar-refractivity contribution in [2.24, 2.45) is 0 Å². The first kappa shape index (κ1) is 9.01. The lowest BCUT2D eigenvalue weighted by atomic mass is 9.95. The van der Waals surface area contributed by atoms with Crippen LogP contribution in [0.25, 0.3) is 0 Å². The topological polar surface area (TPSA) is 12.5 Å². The van der Waals surface area contributed by atoms with Gasteiger partial charge in [0.1, 0.15) is 0 Å². The summed E-state index contributed by atoms with van der Waals surface area (Å²) < 4.78 is 0. The molecule has 0 bridgehead atoms. The molecule has 1 saturated carbocycles. The Hall–Kier alpha value is -0.0800. The maximum absolute atomic E-state index is 5.27. The molecular weight excluding hydrogens is 138 g/mol. The van der Waals surface area contributed by atoms with Crippen molar-refractivity contribution in [3.63, 3.8) is 0 Å². The third kappa shape index (κ3) is 2.46. The van der Waals surface area contributed by atoms with Crippen molar-refractivity contribution in [3.05, 3.63) is 0 Å². The van der Waals surface area contributed by atoms with E-state index in [0.29, 0.717) is 6.04 Å². The summed E-state index contributed by atoms with van der Waals surface area (Å²) in [5.41, 5.74) is 0. The lowest BCUT2D eigenvalue weighted by Crippen LogP contribution is -2.35. The van der Waals surface area contributed by atoms with Crippen LogP contribution in [-0.4, -0.2) is 24.8 Å². The fourth-order valence-corrected chi connectivity index (χ4v) is 1.91. The van der Waals surface area contributed by atoms with Gasteiger partial charge in [-0.05, 0) is 12.8 Å². The molecule has 0 aromatic carbocycles. The van der Waals surface area contributed by atoms with Crippen LogP contribution in [0, 0.1) is 0 Å². The molecule has 1 aliphatic rings. The van der Waals surface area contributed by atoms with Gasteiger partial charge in [0.25, 0.3) is 0 Å². The van der Waals surface area contributed by atoms with Crippen molar-refractivity contribution < 1.29 is 4.84 Å². The molecule has 0 radical (unpaired) electrons. The van der Waals surface area contributed by atoms with E-state index in [-0.39, 0.29) is 0 Å². The number of nitrogens with zero attached hydrogens (tertiary/aromatic N) is 1. The van der Waals surface area contributed by atoms with Gasteiger partial charge in [-0.15, -0.1) is 0 Å². The van der Waals surface area contributed by atoms with Gasteiger partial charge in [0.15, 0.2) is 0 Å². The Morgan fingerprint density at radius 1 is 1.27 bits per heavy atom. The maximum Gasteiger partial charge on any atom is 0.0575 e. The normalized spacial score (nSPS) is 21.0. The third-order valence-electron chi connectivity index (χ3n) is 2.53. The molecule has 1 fully saturated rings. The van der Waals surface area contributed by atoms with Crippen molar-refractivity contribution in [2.45, 2.75) is 45.1 Å². The fourth-order valence-electron chi connectivity index (χ4n) is 1.91. The van der Waals surface area contributed by atoms with E-state index in [9.17, 15) is 0 Å². The van der Waals surface area contributed by atoms with Gasteiger partial charge in [0.05, 0.1) is 7.11 Å². The van der Waals surface area contributed by atoms with Gasteiger partial charge in [-0.3, -0.25) is 0 Å². The second kappa shape index (κ2) is 4.73. The summed E-state index contributed by atoms with van der Waals surface area (Å²) in [4.78, 5) is 5.27. The second-order valence-corrected chi connectivity index (χ2v) is 3.21. The van der Waals surface area contributed by atoms with Crippen LogP contribution in [0.5, 0.6) is 0 Å². The average molecular weight is 157 g/mol. The first-order chi connectivity index (χ1) is 5.38. The minimum atomic E-state index is 0.693. The van der Waals surface area contributed by atoms with Crippen molar-refractivity contribution in [1.82, 2.24) is 5.06 Å². The monoisotopic (exact) mass is 157 g/mol. The van der Waals surface area contributed by atoms with Gasteiger partial charge in [0, 0.05) is 12.6 Å². The summed E-state index contributed by atoms with van der Waals surface area (Å²) in [6.07, 6.45) is 6.82. The first-order valence-corrected chi connectivity index (χ1v) is 4.69. The quantitative estimate of drug-likeness (QED) is 0.582. The molecule has 1 aliphatic carbocycles. The average Bonchev–Trinajstić information content (AvgIpc) is 2.09. The molecule has 0 aromatic heterocycles. The summed E-state index contributed by atoms with van der Waals surface area (Å²) in [5.74, 6) is 0. The molecule has 1 rings (SSSR count). The van der Waals surface area contributed by atoms with Gasteiger partial charge < -0.3 is 4.84 Å². The van der Waals surface area contributed by atoms with E-state index in [0.717, 1.165) is 6.54 Å². The highest BCUT2D eigenvalue weighted by Gasteiger charge is 2.19. The molecule has 11 heavy (non-hydrogen) atoms. The Bertz CT molecular complexity index is 95.7. The Labute approximate surface area is 69.5 Å². The van der Waals surface area contributed by atoms with E-state index >= 15 is 0 Å². The Morgan fingerprint density at radius 2 is 1.91 bits per heavy atom. The van der Waals surface area contributed by atoms with Gasteiger partial charge in [-0.25, -0.2) is 0 Å². The summed E-state index contributed by atoms with van der Waals surface area (Å²) >= 11 is 0. The molecule has 0 saturated heterocycles. The van der Waals surface area contributed by atoms with E-state index in [4.69, 9.17) is 4.84 Å². The smallest absolute Gasteiger partial charge is 0.0575 e. The van der Waals surface area contributed by atoms with Gasteiger partial charge in [-0.2, -0.15) is 5.06 Å². The molecule has 0 aliphatic heterocycles. The van der Waals surface area contributed by atoms with Crippen molar-refractivity contribution in [1.29, 1.82) is 0 Å². The fraction of sp³-hybridized carbons (Fsp3) is 1.00. The largest absolute Gasteiger partial charge is 0.302 e. The molecular formula is C9H19NO. The summed E-state index contributed by atoms with van der Waals surface area (Å²) in [7, 11) is 1.78. The first-order valence-electron chi connectivity index (χ1n) is 4.69. The Morgan fingerprint density at radius 3 is 2.36 bits per heavy atom. The summed E-state index contributed by atoms with van der Waals surface area (Å²) in [6, 6.07) is 0.693. The number of hydrogen-bond acceptors (Lipinski definition) is 2. The van der Waals surface area contributed by atoms with E-state index in [2.05, 4.69) is 12.0 Å². The SMILES string of the molecule is CCN(OC)C1CCCCC1. The zero-order chi connectivity index (χ0) is 8.10. The summed E-state index contributed by atoms with van der Waals surface area (Å²) in [5, 5.41) is 2.11. The Kier molecular flexibility index (Phi) is 3.87. The van der Waals surface area contributed by atoms with Crippen LogP contribution in [0.2, 0.25) is 0 Å². The number of hydrogen-bond donors (Lipinski definition) is 0. The van der Waals surface area contributed by atoms with Crippen LogP contribution >= 0.6 is 0 Å². The van der Waals surface area contributed by atoms with Gasteiger partial charge in [-0.1, -0.05) is 26.2 Å². The van der Waals surface area contributed by atoms with Crippen LogP contribution in [0.4, 0.5) is 0 Å². The number of hydroxylamine groups is 2. The van der Waals surface area contributed by atoms with Crippen LogP contribution in [0.3, 0.4) is 0 Å². The molecule has 0 N–H and O–H groups in total. The lowest BCUT2D eigenvalue weighted by Gasteiger charge is -2.31. The molecule has 2 nitrogen and oxygen atoms in total. The molecule has 0 atom stereocenters.